The molecule has 38 nitrogen and oxygen atoms in total. The maximum atomic E-state index is 11.5. The Balaban J connectivity index is 0.836. The Morgan fingerprint density at radius 2 is 0.360 bits per heavy atom. The third kappa shape index (κ3) is 12.1. The molecular formula is C48H76O38. The molecule has 34 heterocycles. The van der Waals surface area contributed by atoms with E-state index in [-0.39, 0.29) is 13.2 Å². The van der Waals surface area contributed by atoms with Gasteiger partial charge < -0.3 is 187 Å². The van der Waals surface area contributed by atoms with Crippen LogP contribution in [0.25, 0.3) is 0 Å². The zero-order valence-electron chi connectivity index (χ0n) is 45.0. The van der Waals surface area contributed by atoms with Crippen molar-refractivity contribution in [2.75, 3.05) is 52.9 Å². The van der Waals surface area contributed by atoms with Crippen LogP contribution in [0.15, 0.2) is 0 Å². The highest BCUT2D eigenvalue weighted by atomic mass is 16.8. The molecule has 496 valence electrons. The molecule has 34 rings (SSSR count). The second-order valence-electron chi connectivity index (χ2n) is 22.7. The van der Waals surface area contributed by atoms with Gasteiger partial charge in [0.25, 0.3) is 0 Å². The molecule has 0 spiro atoms. The van der Waals surface area contributed by atoms with Crippen LogP contribution in [-0.2, 0) is 85.3 Å². The molecule has 34 saturated heterocycles. The van der Waals surface area contributed by atoms with E-state index >= 15 is 0 Å². The Bertz CT molecular complexity index is 2020. The van der Waals surface area contributed by atoms with Crippen molar-refractivity contribution in [1.29, 1.82) is 0 Å². The Hall–Kier alpha value is -1.52. The van der Waals surface area contributed by atoms with Crippen molar-refractivity contribution in [2.45, 2.75) is 246 Å². The maximum Gasteiger partial charge on any atom is 0.187 e. The molecule has 0 aromatic heterocycles. The van der Waals surface area contributed by atoms with Crippen LogP contribution in [0.1, 0.15) is 0 Å². The Labute approximate surface area is 485 Å². The maximum absolute atomic E-state index is 11.5. The SMILES string of the molecule is OC[C@H]1O[C@@H]2O[C@H]3[C@H](O)[C@@H](O)[C@@H](O[C@H]4[C@@H]5OC[C@H]4O[C@H](O[C@H]4[C@H](O)[C@@H](O)[C@@H](O[C@H]6[C@H](O)[C@@H](O)[C@@H](O[C@H]7[C@H](O)[C@@H](O)[C@@H](O[C@H]8[C@@H]9OC[C@H]8O[C@H](O[C@H]8[C@H](O)[C@@H](O)[C@@H](O[C@H]1[C@H](O)[C@H]2O)O[C@@H]8CO)[C@@H]9O)O[C@@H]7CO)O[C@@H]6CO)O[C@@H]4CO)[C@@H]5O)O[C@@H]3CO. The summed E-state index contributed by atoms with van der Waals surface area (Å²) in [6, 6.07) is 0. The summed E-state index contributed by atoms with van der Waals surface area (Å²) in [5.41, 5.74) is 0. The van der Waals surface area contributed by atoms with E-state index in [1.807, 2.05) is 0 Å². The smallest absolute Gasteiger partial charge is 0.187 e. The summed E-state index contributed by atoms with van der Waals surface area (Å²) in [5.74, 6) is 0. The molecule has 0 aromatic carbocycles. The van der Waals surface area contributed by atoms with Gasteiger partial charge >= 0.3 is 0 Å². The summed E-state index contributed by atoms with van der Waals surface area (Å²) in [6.07, 6.45) is -72.4. The molecule has 34 aliphatic rings. The highest BCUT2D eigenvalue weighted by Crippen LogP contribution is 2.42. The van der Waals surface area contributed by atoms with Gasteiger partial charge in [0, 0.05) is 0 Å². The summed E-state index contributed by atoms with van der Waals surface area (Å²) < 4.78 is 105. The molecule has 0 radical (unpaired) electrons. The Morgan fingerprint density at radius 3 is 0.547 bits per heavy atom. The minimum Gasteiger partial charge on any atom is -0.394 e. The van der Waals surface area contributed by atoms with Gasteiger partial charge in [0.15, 0.2) is 50.3 Å². The lowest BCUT2D eigenvalue weighted by Gasteiger charge is -2.50. The molecule has 86 heavy (non-hydrogen) atoms. The van der Waals surface area contributed by atoms with Gasteiger partial charge in [0.05, 0.1) is 52.9 Å². The molecule has 34 fully saturated rings. The predicted octanol–water partition coefficient (Wildman–Crippen LogP) is -15.3. The van der Waals surface area contributed by atoms with Crippen molar-refractivity contribution >= 4 is 0 Å². The highest BCUT2D eigenvalue weighted by Gasteiger charge is 2.62. The molecule has 0 aliphatic carbocycles. The average Bonchev–Trinajstić information content (AvgIpc) is 1.50. The van der Waals surface area contributed by atoms with Gasteiger partial charge in [-0.05, 0) is 0 Å². The number of hydrogen-bond acceptors (Lipinski definition) is 38. The molecule has 0 aromatic rings. The van der Waals surface area contributed by atoms with E-state index < -0.39 is 285 Å². The fourth-order valence-corrected chi connectivity index (χ4v) is 12.6. The van der Waals surface area contributed by atoms with Crippen LogP contribution < -0.4 is 0 Å². The number of ether oxygens (including phenoxy) is 18. The van der Waals surface area contributed by atoms with Gasteiger partial charge in [-0.1, -0.05) is 0 Å². The normalized spacial score (nSPS) is 57.3. The van der Waals surface area contributed by atoms with Crippen LogP contribution in [0.2, 0.25) is 0 Å². The third-order valence-corrected chi connectivity index (χ3v) is 17.4. The van der Waals surface area contributed by atoms with E-state index in [9.17, 15) is 102 Å². The first-order valence-electron chi connectivity index (χ1n) is 28.0. The van der Waals surface area contributed by atoms with E-state index in [0.717, 1.165) is 0 Å². The number of rotatable bonds is 6. The lowest BCUT2D eigenvalue weighted by molar-refractivity contribution is -0.397. The van der Waals surface area contributed by atoms with E-state index in [1.54, 1.807) is 0 Å². The van der Waals surface area contributed by atoms with E-state index in [0.29, 0.717) is 0 Å². The molecule has 38 heteroatoms. The van der Waals surface area contributed by atoms with Crippen molar-refractivity contribution < 1.29 is 187 Å². The number of aliphatic hydroxyl groups is 20. The largest absolute Gasteiger partial charge is 0.394 e. The minimum absolute atomic E-state index is 0.306. The van der Waals surface area contributed by atoms with Gasteiger partial charge in [0.1, 0.15) is 195 Å². The second kappa shape index (κ2) is 27.2. The number of hydrogen-bond donors (Lipinski definition) is 20. The van der Waals surface area contributed by atoms with E-state index in [4.69, 9.17) is 85.3 Å². The van der Waals surface area contributed by atoms with Gasteiger partial charge in [0.2, 0.25) is 0 Å². The lowest BCUT2D eigenvalue weighted by Crippen LogP contribution is -2.68. The van der Waals surface area contributed by atoms with Crippen molar-refractivity contribution in [3.63, 3.8) is 0 Å². The van der Waals surface area contributed by atoms with Crippen LogP contribution in [-0.4, -0.2) is 401 Å². The Kier molecular flexibility index (Phi) is 20.9. The van der Waals surface area contributed by atoms with Crippen LogP contribution in [0.4, 0.5) is 0 Å². The molecule has 34 aliphatic heterocycles. The van der Waals surface area contributed by atoms with Gasteiger partial charge in [-0.3, -0.25) is 0 Å². The quantitative estimate of drug-likeness (QED) is 0.117. The lowest BCUT2D eigenvalue weighted by atomic mass is 9.95. The van der Waals surface area contributed by atoms with E-state index in [2.05, 4.69) is 0 Å². The van der Waals surface area contributed by atoms with Crippen molar-refractivity contribution in [2.24, 2.45) is 0 Å². The summed E-state index contributed by atoms with van der Waals surface area (Å²) in [7, 11) is 0. The molecule has 0 unspecified atom stereocenters. The van der Waals surface area contributed by atoms with Crippen LogP contribution in [0, 0.1) is 0 Å². The van der Waals surface area contributed by atoms with Crippen molar-refractivity contribution in [1.82, 2.24) is 0 Å². The molecular weight excluding hydrogens is 1180 g/mol. The molecule has 0 amide bonds. The molecule has 20 N–H and O–H groups in total. The topological polar surface area (TPSA) is 571 Å². The van der Waals surface area contributed by atoms with Crippen LogP contribution in [0.3, 0.4) is 0 Å². The molecule has 0 saturated carbocycles. The van der Waals surface area contributed by atoms with E-state index in [1.165, 1.54) is 0 Å². The fourth-order valence-electron chi connectivity index (χ4n) is 12.6. The Morgan fingerprint density at radius 1 is 0.186 bits per heavy atom. The van der Waals surface area contributed by atoms with Crippen molar-refractivity contribution in [3.8, 4) is 0 Å². The average molecular weight is 1260 g/mol. The van der Waals surface area contributed by atoms with Crippen LogP contribution in [0.5, 0.6) is 0 Å². The zero-order valence-corrected chi connectivity index (χ0v) is 45.0. The van der Waals surface area contributed by atoms with Gasteiger partial charge in [-0.15, -0.1) is 0 Å². The van der Waals surface area contributed by atoms with Gasteiger partial charge in [-0.25, -0.2) is 0 Å². The number of aliphatic hydroxyl groups excluding tert-OH is 20. The summed E-state index contributed by atoms with van der Waals surface area (Å²) in [5, 5.41) is 222. The minimum atomic E-state index is -2.16. The monoisotopic (exact) mass is 1260 g/mol. The predicted molar refractivity (Wildman–Crippen MR) is 254 cm³/mol. The highest BCUT2D eigenvalue weighted by molar-refractivity contribution is 5.04. The standard InChI is InChI=1S/C48H76O38/c49-1-9-31-17(55)23(61)41(71-9)81-33-11(3-51)75-45(27(65)21(33)59)85-37-15-7-70-40(37)30(68)48(78-15)84-36-14(6-54)74-44(26(64)20(36)58)80-32-10(2-50)72-42(24(62)18(32)56)82-34-12(4-52)76-46(28(66)22(34)60)86-38-16-8-69-39(38)29(67)47(77-16)83-35-13(5-53)73-43(79-31)25(63)19(35)57/h9-68H,1-8H2/t9-,10-,11-,12-,13-,14-,15-,16-,17-,18-,19-,20-,21-,22-,23-,24-,25-,26-,27-,28-,29-,30-,31-,32-,33-,34-,35-,36-,37-,38-,39-,40-,41-,42-,43-,44-,45-,46-,47-,48-/m1/s1. The first kappa shape index (κ1) is 66.0. The first-order chi connectivity index (χ1) is 41.1. The summed E-state index contributed by atoms with van der Waals surface area (Å²) >= 11 is 0. The second-order valence-corrected chi connectivity index (χ2v) is 22.7. The van der Waals surface area contributed by atoms with Crippen LogP contribution >= 0.6 is 0 Å². The zero-order chi connectivity index (χ0) is 61.5. The molecule has 40 atom stereocenters. The first-order valence-corrected chi connectivity index (χ1v) is 28.0. The molecule has 20 bridgehead atoms. The van der Waals surface area contributed by atoms with Crippen molar-refractivity contribution in [3.05, 3.63) is 0 Å². The third-order valence-electron chi connectivity index (χ3n) is 17.4. The fraction of sp³-hybridized carbons (Fsp3) is 1.00. The summed E-state index contributed by atoms with van der Waals surface area (Å²) in [6.45, 7) is -6.48. The summed E-state index contributed by atoms with van der Waals surface area (Å²) in [4.78, 5) is 0. The van der Waals surface area contributed by atoms with Gasteiger partial charge in [-0.2, -0.15) is 0 Å².